The number of hydrogen-bond acceptors (Lipinski definition) is 5. The van der Waals surface area contributed by atoms with Crippen molar-refractivity contribution in [2.45, 2.75) is 13.5 Å². The second-order valence-corrected chi connectivity index (χ2v) is 7.54. The molecule has 0 aliphatic heterocycles. The van der Waals surface area contributed by atoms with E-state index in [1.165, 1.54) is 24.4 Å². The van der Waals surface area contributed by atoms with Crippen molar-refractivity contribution in [3.63, 3.8) is 0 Å². The van der Waals surface area contributed by atoms with E-state index in [9.17, 15) is 18.7 Å². The minimum atomic E-state index is -1.18. The standard InChI is InChI=1S/C13H11F2NO2S.C10H9NO/c1-6-3-4-7(11(15)10(6)14)8-5-19-12(16-2)9(8)13(17)18;12-7-8-5-9-3-1-2-4-10(9)11-6-8/h3-5,16H,1-2H3,(H,17,18);1-6,12H,7H2. The fourth-order valence-corrected chi connectivity index (χ4v) is 3.92. The zero-order chi connectivity index (χ0) is 22.5. The van der Waals surface area contributed by atoms with E-state index in [2.05, 4.69) is 10.3 Å². The van der Waals surface area contributed by atoms with Gasteiger partial charge < -0.3 is 15.5 Å². The van der Waals surface area contributed by atoms with E-state index in [1.807, 2.05) is 30.3 Å². The number of carboxylic acid groups (broad SMARTS) is 1. The molecule has 4 aromatic rings. The molecular formula is C23H20F2N2O3S. The van der Waals surface area contributed by atoms with Crippen LogP contribution in [-0.2, 0) is 6.61 Å². The molecule has 0 radical (unpaired) electrons. The van der Waals surface area contributed by atoms with Gasteiger partial charge in [-0.25, -0.2) is 13.6 Å². The molecular weight excluding hydrogens is 422 g/mol. The molecule has 2 aromatic carbocycles. The lowest BCUT2D eigenvalue weighted by molar-refractivity contribution is 0.0699. The normalized spacial score (nSPS) is 10.5. The van der Waals surface area contributed by atoms with E-state index in [0.29, 0.717) is 5.00 Å². The number of nitrogens with zero attached hydrogens (tertiary/aromatic N) is 1. The first-order chi connectivity index (χ1) is 14.9. The molecule has 160 valence electrons. The van der Waals surface area contributed by atoms with Crippen molar-refractivity contribution in [1.29, 1.82) is 0 Å². The summed E-state index contributed by atoms with van der Waals surface area (Å²) >= 11 is 1.14. The van der Waals surface area contributed by atoms with E-state index < -0.39 is 17.6 Å². The molecule has 0 saturated heterocycles. The summed E-state index contributed by atoms with van der Waals surface area (Å²) in [5.41, 5.74) is 2.09. The van der Waals surface area contributed by atoms with Gasteiger partial charge in [0, 0.05) is 35.1 Å². The number of fused-ring (bicyclic) bond motifs is 1. The number of pyridine rings is 1. The quantitative estimate of drug-likeness (QED) is 0.390. The van der Waals surface area contributed by atoms with E-state index in [4.69, 9.17) is 5.11 Å². The Hall–Kier alpha value is -3.36. The number of anilines is 1. The lowest BCUT2D eigenvalue weighted by atomic mass is 10.0. The first-order valence-corrected chi connectivity index (χ1v) is 10.2. The predicted molar refractivity (Wildman–Crippen MR) is 119 cm³/mol. The zero-order valence-corrected chi connectivity index (χ0v) is 17.6. The van der Waals surface area contributed by atoms with Crippen molar-refractivity contribution in [1.82, 2.24) is 4.98 Å². The maximum atomic E-state index is 13.9. The number of carboxylic acids is 1. The lowest BCUT2D eigenvalue weighted by Crippen LogP contribution is -2.02. The second kappa shape index (κ2) is 9.63. The van der Waals surface area contributed by atoms with Crippen LogP contribution in [0.5, 0.6) is 0 Å². The number of hydrogen-bond donors (Lipinski definition) is 3. The molecule has 2 aromatic heterocycles. The third-order valence-corrected chi connectivity index (χ3v) is 5.62. The number of aromatic carboxylic acids is 1. The van der Waals surface area contributed by atoms with Gasteiger partial charge in [0.05, 0.1) is 12.1 Å². The van der Waals surface area contributed by atoms with Gasteiger partial charge in [-0.2, -0.15) is 0 Å². The Labute approximate surface area is 181 Å². The van der Waals surface area contributed by atoms with Gasteiger partial charge in [0.25, 0.3) is 0 Å². The summed E-state index contributed by atoms with van der Waals surface area (Å²) in [5.74, 6) is -3.16. The van der Waals surface area contributed by atoms with Crippen molar-refractivity contribution >= 4 is 33.2 Å². The highest BCUT2D eigenvalue weighted by Gasteiger charge is 2.22. The van der Waals surface area contributed by atoms with Gasteiger partial charge in [0.15, 0.2) is 11.6 Å². The summed E-state index contributed by atoms with van der Waals surface area (Å²) in [6, 6.07) is 12.6. The van der Waals surface area contributed by atoms with Crippen molar-refractivity contribution in [2.24, 2.45) is 0 Å². The minimum absolute atomic E-state index is 0.0433. The molecule has 0 atom stereocenters. The Bertz CT molecular complexity index is 1240. The van der Waals surface area contributed by atoms with Gasteiger partial charge in [-0.15, -0.1) is 11.3 Å². The van der Waals surface area contributed by atoms with Gasteiger partial charge in [0.2, 0.25) is 0 Å². The first kappa shape index (κ1) is 22.3. The van der Waals surface area contributed by atoms with Crippen LogP contribution in [0.3, 0.4) is 0 Å². The van der Waals surface area contributed by atoms with E-state index in [0.717, 1.165) is 27.8 Å². The molecule has 0 saturated carbocycles. The number of para-hydroxylation sites is 1. The number of carbonyl (C=O) groups is 1. The summed E-state index contributed by atoms with van der Waals surface area (Å²) in [5, 5.41) is 23.8. The Morgan fingerprint density at radius 2 is 1.87 bits per heavy atom. The summed E-state index contributed by atoms with van der Waals surface area (Å²) < 4.78 is 27.5. The van der Waals surface area contributed by atoms with Crippen molar-refractivity contribution < 1.29 is 23.8 Å². The molecule has 0 fully saturated rings. The summed E-state index contributed by atoms with van der Waals surface area (Å²) in [6.07, 6.45) is 1.70. The van der Waals surface area contributed by atoms with Crippen LogP contribution in [0.2, 0.25) is 0 Å². The van der Waals surface area contributed by atoms with Gasteiger partial charge in [-0.05, 0) is 30.2 Å². The molecule has 4 rings (SSSR count). The van der Waals surface area contributed by atoms with Gasteiger partial charge in [0.1, 0.15) is 10.6 Å². The molecule has 8 heteroatoms. The highest BCUT2D eigenvalue weighted by molar-refractivity contribution is 7.15. The second-order valence-electron chi connectivity index (χ2n) is 6.66. The van der Waals surface area contributed by atoms with Crippen LogP contribution in [0, 0.1) is 18.6 Å². The van der Waals surface area contributed by atoms with Crippen LogP contribution >= 0.6 is 11.3 Å². The van der Waals surface area contributed by atoms with Crippen molar-refractivity contribution in [3.8, 4) is 11.1 Å². The maximum absolute atomic E-state index is 13.9. The fraction of sp³-hybridized carbons (Fsp3) is 0.130. The number of aliphatic hydroxyl groups is 1. The number of aryl methyl sites for hydroxylation is 1. The van der Waals surface area contributed by atoms with Crippen LogP contribution in [0.15, 0.2) is 54.0 Å². The molecule has 0 spiro atoms. The largest absolute Gasteiger partial charge is 0.478 e. The third-order valence-electron chi connectivity index (χ3n) is 4.63. The minimum Gasteiger partial charge on any atom is -0.478 e. The van der Waals surface area contributed by atoms with Gasteiger partial charge in [-0.1, -0.05) is 30.3 Å². The van der Waals surface area contributed by atoms with Crippen LogP contribution < -0.4 is 5.32 Å². The monoisotopic (exact) mass is 442 g/mol. The molecule has 0 unspecified atom stereocenters. The number of benzene rings is 2. The van der Waals surface area contributed by atoms with E-state index >= 15 is 0 Å². The number of rotatable bonds is 4. The lowest BCUT2D eigenvalue weighted by Gasteiger charge is -2.06. The SMILES string of the molecule is CNc1scc(-c2ccc(C)c(F)c2F)c1C(=O)O.OCc1cnc2ccccc2c1. The van der Waals surface area contributed by atoms with Crippen LogP contribution in [0.4, 0.5) is 13.8 Å². The fourth-order valence-electron chi connectivity index (χ4n) is 3.01. The number of nitrogens with one attached hydrogen (secondary N) is 1. The smallest absolute Gasteiger partial charge is 0.339 e. The Morgan fingerprint density at radius 1 is 1.13 bits per heavy atom. The Balaban J connectivity index is 0.000000194. The summed E-state index contributed by atoms with van der Waals surface area (Å²) in [7, 11) is 1.58. The maximum Gasteiger partial charge on any atom is 0.339 e. The summed E-state index contributed by atoms with van der Waals surface area (Å²) in [6.45, 7) is 1.50. The summed E-state index contributed by atoms with van der Waals surface area (Å²) in [4.78, 5) is 15.4. The van der Waals surface area contributed by atoms with E-state index in [-0.39, 0.29) is 28.9 Å². The van der Waals surface area contributed by atoms with Crippen molar-refractivity contribution in [2.75, 3.05) is 12.4 Å². The molecule has 3 N–H and O–H groups in total. The Kier molecular flexibility index (Phi) is 6.94. The predicted octanol–water partition coefficient (Wildman–Crippen LogP) is 5.47. The zero-order valence-electron chi connectivity index (χ0n) is 16.8. The third kappa shape index (κ3) is 4.70. The van der Waals surface area contributed by atoms with Crippen molar-refractivity contribution in [3.05, 3.63) is 82.4 Å². The molecule has 0 bridgehead atoms. The van der Waals surface area contributed by atoms with Gasteiger partial charge in [-0.3, -0.25) is 4.98 Å². The number of halogens is 2. The average molecular weight is 442 g/mol. The first-order valence-electron chi connectivity index (χ1n) is 9.29. The number of aliphatic hydroxyl groups excluding tert-OH is 1. The number of thiophene rings is 1. The molecule has 31 heavy (non-hydrogen) atoms. The van der Waals surface area contributed by atoms with Gasteiger partial charge >= 0.3 is 5.97 Å². The van der Waals surface area contributed by atoms with Crippen LogP contribution in [0.25, 0.3) is 22.0 Å². The molecule has 0 aliphatic rings. The van der Waals surface area contributed by atoms with E-state index in [1.54, 1.807) is 13.2 Å². The van der Waals surface area contributed by atoms with Crippen LogP contribution in [0.1, 0.15) is 21.5 Å². The number of aromatic nitrogens is 1. The Morgan fingerprint density at radius 3 is 2.55 bits per heavy atom. The molecule has 0 aliphatic carbocycles. The highest BCUT2D eigenvalue weighted by Crippen LogP contribution is 2.37. The molecule has 0 amide bonds. The topological polar surface area (TPSA) is 82.5 Å². The molecule has 2 heterocycles. The highest BCUT2D eigenvalue weighted by atomic mass is 32.1. The van der Waals surface area contributed by atoms with Crippen LogP contribution in [-0.4, -0.2) is 28.2 Å². The molecule has 5 nitrogen and oxygen atoms in total. The average Bonchev–Trinajstić information content (AvgIpc) is 3.22.